The quantitative estimate of drug-likeness (QED) is 0.307. The molecule has 2 amide bonds. The summed E-state index contributed by atoms with van der Waals surface area (Å²) >= 11 is 0. The molecule has 0 saturated heterocycles. The number of rotatable bonds is 11. The third kappa shape index (κ3) is 6.09. The Balaban J connectivity index is 1.53. The summed E-state index contributed by atoms with van der Waals surface area (Å²) in [6.45, 7) is 3.25. The first-order valence-corrected chi connectivity index (χ1v) is 11.4. The van der Waals surface area contributed by atoms with E-state index in [0.717, 1.165) is 0 Å². The molecular weight excluding hydrogens is 467 g/mol. The molecule has 0 atom stereocenters. The third-order valence-corrected chi connectivity index (χ3v) is 5.18. The van der Waals surface area contributed by atoms with Gasteiger partial charge in [0.1, 0.15) is 36.5 Å². The molecule has 2 aromatic heterocycles. The molecule has 0 aliphatic rings. The number of amides is 2. The fraction of sp³-hybridized carbons (Fsp3) is 0.250. The number of ether oxygens (including phenoxy) is 1. The predicted octanol–water partition coefficient (Wildman–Crippen LogP) is 2.15. The van der Waals surface area contributed by atoms with Crippen molar-refractivity contribution in [3.05, 3.63) is 84.0 Å². The van der Waals surface area contributed by atoms with Crippen LogP contribution in [0.2, 0.25) is 0 Å². The highest BCUT2D eigenvalue weighted by Crippen LogP contribution is 2.19. The average molecular weight is 493 g/mol. The summed E-state index contributed by atoms with van der Waals surface area (Å²) in [5.41, 5.74) is 1.53. The smallest absolute Gasteiger partial charge is 0.273 e. The van der Waals surface area contributed by atoms with Crippen LogP contribution < -0.4 is 15.4 Å². The van der Waals surface area contributed by atoms with Crippen LogP contribution in [0.15, 0.2) is 61.2 Å². The summed E-state index contributed by atoms with van der Waals surface area (Å²) in [6, 6.07) is 12.4. The lowest BCUT2D eigenvalue weighted by Gasteiger charge is -2.11. The lowest BCUT2D eigenvalue weighted by molar-refractivity contribution is 0.0940. The van der Waals surface area contributed by atoms with Crippen molar-refractivity contribution in [2.24, 2.45) is 0 Å². The number of aryl methyl sites for hydroxylation is 1. The Morgan fingerprint density at radius 3 is 2.64 bits per heavy atom. The van der Waals surface area contributed by atoms with Crippen LogP contribution in [-0.2, 0) is 13.2 Å². The Labute approximate surface area is 206 Å². The van der Waals surface area contributed by atoms with Gasteiger partial charge in [0.15, 0.2) is 5.69 Å². The Kier molecular flexibility index (Phi) is 7.96. The van der Waals surface area contributed by atoms with Crippen LogP contribution in [0, 0.1) is 5.82 Å². The zero-order valence-electron chi connectivity index (χ0n) is 19.6. The molecule has 4 aromatic rings. The molecule has 0 unspecified atom stereocenters. The molecule has 2 aromatic carbocycles. The topological polar surface area (TPSA) is 129 Å². The van der Waals surface area contributed by atoms with Crippen molar-refractivity contribution < 1.29 is 18.7 Å². The molecule has 0 saturated carbocycles. The van der Waals surface area contributed by atoms with Gasteiger partial charge in [-0.1, -0.05) is 11.3 Å². The van der Waals surface area contributed by atoms with E-state index < -0.39 is 11.7 Å². The third-order valence-electron chi connectivity index (χ3n) is 5.18. The molecule has 2 N–H and O–H groups in total. The van der Waals surface area contributed by atoms with Gasteiger partial charge in [0.05, 0.1) is 5.69 Å². The molecule has 0 radical (unpaired) electrons. The number of nitrogens with zero attached hydrogens (tertiary/aromatic N) is 6. The van der Waals surface area contributed by atoms with Crippen LogP contribution in [0.3, 0.4) is 0 Å². The van der Waals surface area contributed by atoms with Crippen molar-refractivity contribution in [3.8, 4) is 11.4 Å². The molecule has 11 nitrogen and oxygen atoms in total. The van der Waals surface area contributed by atoms with E-state index in [9.17, 15) is 14.0 Å². The van der Waals surface area contributed by atoms with Crippen LogP contribution in [0.25, 0.3) is 5.69 Å². The Morgan fingerprint density at radius 1 is 1.08 bits per heavy atom. The van der Waals surface area contributed by atoms with Crippen molar-refractivity contribution in [2.45, 2.75) is 26.5 Å². The molecule has 0 bridgehead atoms. The predicted molar refractivity (Wildman–Crippen MR) is 127 cm³/mol. The average Bonchev–Trinajstić information content (AvgIpc) is 3.56. The van der Waals surface area contributed by atoms with Crippen LogP contribution in [0.5, 0.6) is 5.75 Å². The molecule has 0 aliphatic carbocycles. The van der Waals surface area contributed by atoms with E-state index in [0.29, 0.717) is 48.7 Å². The largest absolute Gasteiger partial charge is 0.487 e. The minimum Gasteiger partial charge on any atom is -0.487 e. The van der Waals surface area contributed by atoms with Crippen molar-refractivity contribution in [3.63, 3.8) is 0 Å². The molecule has 0 aliphatic heterocycles. The molecule has 36 heavy (non-hydrogen) atoms. The SMILES string of the molecule is CCNC(=O)c1ccc(-n2nnc(C(=O)NCCCn3cncn3)c2COc2cccc(F)c2)cc1. The molecular formula is C24H25FN8O3. The van der Waals surface area contributed by atoms with E-state index in [1.165, 1.54) is 29.2 Å². The summed E-state index contributed by atoms with van der Waals surface area (Å²) in [4.78, 5) is 28.9. The monoisotopic (exact) mass is 492 g/mol. The van der Waals surface area contributed by atoms with E-state index >= 15 is 0 Å². The van der Waals surface area contributed by atoms with E-state index in [1.807, 2.05) is 6.92 Å². The van der Waals surface area contributed by atoms with Gasteiger partial charge in [-0.25, -0.2) is 14.1 Å². The van der Waals surface area contributed by atoms with Gasteiger partial charge in [0.25, 0.3) is 11.8 Å². The molecule has 0 spiro atoms. The fourth-order valence-electron chi connectivity index (χ4n) is 3.41. The molecule has 0 fully saturated rings. The first-order valence-electron chi connectivity index (χ1n) is 11.4. The number of nitrogens with one attached hydrogen (secondary N) is 2. The minimum atomic E-state index is -0.439. The maximum atomic E-state index is 13.6. The first kappa shape index (κ1) is 24.5. The highest BCUT2D eigenvalue weighted by molar-refractivity contribution is 5.94. The van der Waals surface area contributed by atoms with E-state index in [2.05, 4.69) is 31.0 Å². The zero-order chi connectivity index (χ0) is 25.3. The van der Waals surface area contributed by atoms with Gasteiger partial charge in [-0.05, 0) is 49.7 Å². The van der Waals surface area contributed by atoms with Crippen LogP contribution >= 0.6 is 0 Å². The number of halogens is 1. The summed E-state index contributed by atoms with van der Waals surface area (Å²) in [5, 5.41) is 17.8. The molecule has 186 valence electrons. The highest BCUT2D eigenvalue weighted by atomic mass is 19.1. The maximum absolute atomic E-state index is 13.6. The Bertz CT molecular complexity index is 1310. The van der Waals surface area contributed by atoms with Crippen LogP contribution in [0.1, 0.15) is 39.9 Å². The van der Waals surface area contributed by atoms with Crippen LogP contribution in [-0.4, -0.2) is 54.7 Å². The van der Waals surface area contributed by atoms with Gasteiger partial charge in [0.2, 0.25) is 0 Å². The molecule has 2 heterocycles. The van der Waals surface area contributed by atoms with Gasteiger partial charge in [0, 0.05) is 31.3 Å². The second kappa shape index (κ2) is 11.7. The van der Waals surface area contributed by atoms with Gasteiger partial charge in [-0.15, -0.1) is 5.10 Å². The lowest BCUT2D eigenvalue weighted by atomic mass is 10.2. The highest BCUT2D eigenvalue weighted by Gasteiger charge is 2.21. The summed E-state index contributed by atoms with van der Waals surface area (Å²) < 4.78 is 22.5. The van der Waals surface area contributed by atoms with Crippen molar-refractivity contribution >= 4 is 11.8 Å². The minimum absolute atomic E-state index is 0.0833. The molecule has 12 heteroatoms. The van der Waals surface area contributed by atoms with E-state index in [1.54, 1.807) is 41.3 Å². The summed E-state index contributed by atoms with van der Waals surface area (Å²) in [7, 11) is 0. The van der Waals surface area contributed by atoms with Crippen molar-refractivity contribution in [1.82, 2.24) is 40.4 Å². The fourth-order valence-corrected chi connectivity index (χ4v) is 3.41. The second-order valence-corrected chi connectivity index (χ2v) is 7.72. The summed E-state index contributed by atoms with van der Waals surface area (Å²) in [5.74, 6) is -0.751. The Morgan fingerprint density at radius 2 is 1.92 bits per heavy atom. The number of aromatic nitrogens is 6. The van der Waals surface area contributed by atoms with Gasteiger partial charge < -0.3 is 15.4 Å². The van der Waals surface area contributed by atoms with Gasteiger partial charge in [-0.2, -0.15) is 5.10 Å². The van der Waals surface area contributed by atoms with Crippen molar-refractivity contribution in [2.75, 3.05) is 13.1 Å². The normalized spacial score (nSPS) is 10.7. The van der Waals surface area contributed by atoms with Gasteiger partial charge >= 0.3 is 0 Å². The first-order chi connectivity index (χ1) is 17.5. The molecule has 4 rings (SSSR count). The number of carbonyl (C=O) groups is 2. The zero-order valence-corrected chi connectivity index (χ0v) is 19.6. The second-order valence-electron chi connectivity index (χ2n) is 7.72. The lowest BCUT2D eigenvalue weighted by Crippen LogP contribution is -2.27. The van der Waals surface area contributed by atoms with Crippen molar-refractivity contribution in [1.29, 1.82) is 0 Å². The van der Waals surface area contributed by atoms with E-state index in [4.69, 9.17) is 4.74 Å². The van der Waals surface area contributed by atoms with Gasteiger partial charge in [-0.3, -0.25) is 14.3 Å². The standard InChI is InChI=1S/C24H25FN8O3/c1-2-27-23(34)17-7-9-19(10-8-17)33-21(14-36-20-6-3-5-18(25)13-20)22(30-31-33)24(35)28-11-4-12-32-16-26-15-29-32/h3,5-10,13,15-16H,2,4,11-12,14H2,1H3,(H,27,34)(H,28,35). The number of benzene rings is 2. The maximum Gasteiger partial charge on any atom is 0.273 e. The van der Waals surface area contributed by atoms with Crippen LogP contribution in [0.4, 0.5) is 4.39 Å². The number of hydrogen-bond donors (Lipinski definition) is 2. The number of hydrogen-bond acceptors (Lipinski definition) is 7. The Hall–Kier alpha value is -4.61. The number of carbonyl (C=O) groups excluding carboxylic acids is 2. The van der Waals surface area contributed by atoms with E-state index in [-0.39, 0.29) is 18.2 Å². The summed E-state index contributed by atoms with van der Waals surface area (Å²) in [6.07, 6.45) is 3.69.